The average Bonchev–Trinajstić information content (AvgIpc) is 2.96. The Labute approximate surface area is 181 Å². The fraction of sp³-hybridized carbons (Fsp3) is 0.304. The topological polar surface area (TPSA) is 38.8 Å². The van der Waals surface area contributed by atoms with Gasteiger partial charge in [0.25, 0.3) is 5.91 Å². The Morgan fingerprint density at radius 1 is 1.10 bits per heavy atom. The number of thioether (sulfide) groups is 1. The Morgan fingerprint density at radius 3 is 2.52 bits per heavy atom. The number of thiocarbonyl (C=S) groups is 1. The van der Waals surface area contributed by atoms with Crippen molar-refractivity contribution >= 4 is 46.0 Å². The Balaban J connectivity index is 1.86. The van der Waals surface area contributed by atoms with E-state index < -0.39 is 0 Å². The first-order valence-corrected chi connectivity index (χ1v) is 10.7. The minimum atomic E-state index is -0.109. The highest BCUT2D eigenvalue weighted by atomic mass is 32.2. The molecule has 29 heavy (non-hydrogen) atoms. The summed E-state index contributed by atoms with van der Waals surface area (Å²) >= 11 is 6.79. The molecule has 1 aliphatic rings. The van der Waals surface area contributed by atoms with Crippen LogP contribution in [0.25, 0.3) is 6.08 Å². The van der Waals surface area contributed by atoms with Crippen LogP contribution in [0.4, 0.5) is 5.69 Å². The molecule has 0 spiro atoms. The molecule has 0 N–H and O–H groups in total. The normalized spacial score (nSPS) is 15.5. The van der Waals surface area contributed by atoms with Gasteiger partial charge in [-0.15, -0.1) is 0 Å². The molecule has 1 saturated heterocycles. The summed E-state index contributed by atoms with van der Waals surface area (Å²) in [6, 6.07) is 11.6. The van der Waals surface area contributed by atoms with Gasteiger partial charge in [-0.25, -0.2) is 0 Å². The molecule has 2 aromatic rings. The van der Waals surface area contributed by atoms with E-state index in [4.69, 9.17) is 21.7 Å². The van der Waals surface area contributed by atoms with Crippen LogP contribution in [0.3, 0.4) is 0 Å². The molecular formula is C23H25NO3S2. The summed E-state index contributed by atoms with van der Waals surface area (Å²) in [4.78, 5) is 15.2. The number of hydrogen-bond donors (Lipinski definition) is 0. The van der Waals surface area contributed by atoms with Gasteiger partial charge in [-0.1, -0.05) is 50.0 Å². The van der Waals surface area contributed by atoms with Gasteiger partial charge >= 0.3 is 0 Å². The molecule has 1 aliphatic heterocycles. The van der Waals surface area contributed by atoms with Crippen LogP contribution in [-0.2, 0) is 4.79 Å². The number of hydrogen-bond acceptors (Lipinski definition) is 5. The molecule has 0 saturated carbocycles. The minimum absolute atomic E-state index is 0.109. The molecule has 0 bridgehead atoms. The summed E-state index contributed by atoms with van der Waals surface area (Å²) in [6.07, 6.45) is 1.84. The number of rotatable bonds is 6. The predicted molar refractivity (Wildman–Crippen MR) is 125 cm³/mol. The summed E-state index contributed by atoms with van der Waals surface area (Å²) < 4.78 is 11.8. The number of nitrogens with zero attached hydrogens (tertiary/aromatic N) is 1. The third-order valence-corrected chi connectivity index (χ3v) is 5.90. The van der Waals surface area contributed by atoms with Gasteiger partial charge in [0.2, 0.25) is 0 Å². The fourth-order valence-electron chi connectivity index (χ4n) is 2.86. The van der Waals surface area contributed by atoms with E-state index in [2.05, 4.69) is 13.8 Å². The van der Waals surface area contributed by atoms with Crippen molar-refractivity contribution < 1.29 is 14.3 Å². The van der Waals surface area contributed by atoms with Crippen LogP contribution >= 0.6 is 24.0 Å². The largest absolute Gasteiger partial charge is 0.493 e. The van der Waals surface area contributed by atoms with E-state index in [-0.39, 0.29) is 5.91 Å². The first-order chi connectivity index (χ1) is 13.8. The zero-order valence-electron chi connectivity index (χ0n) is 17.3. The van der Waals surface area contributed by atoms with Crippen molar-refractivity contribution in [2.24, 2.45) is 5.92 Å². The molecular weight excluding hydrogens is 402 g/mol. The second-order valence-corrected chi connectivity index (χ2v) is 9.08. The van der Waals surface area contributed by atoms with Crippen molar-refractivity contribution in [1.82, 2.24) is 0 Å². The molecule has 0 atom stereocenters. The Morgan fingerprint density at radius 2 is 1.86 bits per heavy atom. The molecule has 2 aromatic carbocycles. The van der Waals surface area contributed by atoms with Gasteiger partial charge in [-0.05, 0) is 66.8 Å². The number of benzene rings is 2. The quantitative estimate of drug-likeness (QED) is 0.433. The van der Waals surface area contributed by atoms with E-state index in [1.807, 2.05) is 56.3 Å². The second kappa shape index (κ2) is 9.01. The van der Waals surface area contributed by atoms with E-state index in [0.29, 0.717) is 33.2 Å². The second-order valence-electron chi connectivity index (χ2n) is 7.40. The van der Waals surface area contributed by atoms with E-state index in [1.165, 1.54) is 17.3 Å². The zero-order chi connectivity index (χ0) is 21.1. The van der Waals surface area contributed by atoms with Crippen molar-refractivity contribution in [1.29, 1.82) is 0 Å². The fourth-order valence-corrected chi connectivity index (χ4v) is 4.16. The van der Waals surface area contributed by atoms with Gasteiger partial charge in [0, 0.05) is 0 Å². The number of ether oxygens (including phenoxy) is 2. The van der Waals surface area contributed by atoms with Crippen LogP contribution in [0, 0.1) is 19.8 Å². The molecule has 6 heteroatoms. The molecule has 4 nitrogen and oxygen atoms in total. The van der Waals surface area contributed by atoms with Crippen molar-refractivity contribution in [3.05, 3.63) is 58.0 Å². The molecule has 0 unspecified atom stereocenters. The standard InChI is InChI=1S/C23H25NO3S2/c1-14(2)13-27-19-9-7-17(11-20(19)26-5)12-21-22(25)24(23(28)29-21)18-8-6-15(3)16(4)10-18/h6-12,14H,13H2,1-5H3. The van der Waals surface area contributed by atoms with Crippen molar-refractivity contribution in [3.63, 3.8) is 0 Å². The van der Waals surface area contributed by atoms with E-state index >= 15 is 0 Å². The molecule has 0 radical (unpaired) electrons. The van der Waals surface area contributed by atoms with Gasteiger partial charge in [0.1, 0.15) is 0 Å². The Hall–Kier alpha value is -2.31. The van der Waals surface area contributed by atoms with Gasteiger partial charge in [0.15, 0.2) is 15.8 Å². The summed E-state index contributed by atoms with van der Waals surface area (Å²) in [5.41, 5.74) is 3.97. The summed E-state index contributed by atoms with van der Waals surface area (Å²) in [7, 11) is 1.61. The number of aryl methyl sites for hydroxylation is 2. The van der Waals surface area contributed by atoms with E-state index in [0.717, 1.165) is 16.8 Å². The highest BCUT2D eigenvalue weighted by Crippen LogP contribution is 2.37. The minimum Gasteiger partial charge on any atom is -0.493 e. The molecule has 0 aliphatic carbocycles. The van der Waals surface area contributed by atoms with Crippen LogP contribution in [0.2, 0.25) is 0 Å². The van der Waals surface area contributed by atoms with Gasteiger partial charge in [0.05, 0.1) is 24.3 Å². The predicted octanol–water partition coefficient (Wildman–Crippen LogP) is 5.75. The molecule has 0 aromatic heterocycles. The maximum Gasteiger partial charge on any atom is 0.270 e. The Bertz CT molecular complexity index is 982. The lowest BCUT2D eigenvalue weighted by Crippen LogP contribution is -2.27. The molecule has 1 amide bonds. The third kappa shape index (κ3) is 4.82. The molecule has 3 rings (SSSR count). The van der Waals surface area contributed by atoms with Gasteiger partial charge in [-0.2, -0.15) is 0 Å². The lowest BCUT2D eigenvalue weighted by molar-refractivity contribution is -0.113. The zero-order valence-corrected chi connectivity index (χ0v) is 18.9. The Kier molecular flexibility index (Phi) is 6.65. The van der Waals surface area contributed by atoms with E-state index in [1.54, 1.807) is 12.0 Å². The van der Waals surface area contributed by atoms with Crippen LogP contribution in [0.15, 0.2) is 41.3 Å². The molecule has 152 valence electrons. The van der Waals surface area contributed by atoms with Crippen LogP contribution in [0.5, 0.6) is 11.5 Å². The highest BCUT2D eigenvalue weighted by Gasteiger charge is 2.33. The van der Waals surface area contributed by atoms with Crippen molar-refractivity contribution in [2.45, 2.75) is 27.7 Å². The third-order valence-electron chi connectivity index (χ3n) is 4.60. The van der Waals surface area contributed by atoms with Crippen LogP contribution < -0.4 is 14.4 Å². The first kappa shape index (κ1) is 21.4. The van der Waals surface area contributed by atoms with Crippen molar-refractivity contribution in [3.8, 4) is 11.5 Å². The van der Waals surface area contributed by atoms with Crippen LogP contribution in [-0.4, -0.2) is 23.9 Å². The van der Waals surface area contributed by atoms with Gasteiger partial charge < -0.3 is 9.47 Å². The van der Waals surface area contributed by atoms with E-state index in [9.17, 15) is 4.79 Å². The first-order valence-electron chi connectivity index (χ1n) is 9.46. The highest BCUT2D eigenvalue weighted by molar-refractivity contribution is 8.27. The summed E-state index contributed by atoms with van der Waals surface area (Å²) in [6.45, 7) is 8.88. The lowest BCUT2D eigenvalue weighted by atomic mass is 10.1. The maximum atomic E-state index is 13.0. The number of anilines is 1. The van der Waals surface area contributed by atoms with Crippen LogP contribution in [0.1, 0.15) is 30.5 Å². The number of amides is 1. The number of methoxy groups -OCH3 is 1. The maximum absolute atomic E-state index is 13.0. The number of carbonyl (C=O) groups excluding carboxylic acids is 1. The smallest absolute Gasteiger partial charge is 0.270 e. The van der Waals surface area contributed by atoms with Gasteiger partial charge in [-0.3, -0.25) is 9.69 Å². The monoisotopic (exact) mass is 427 g/mol. The van der Waals surface area contributed by atoms with Crippen molar-refractivity contribution in [2.75, 3.05) is 18.6 Å². The molecule has 1 heterocycles. The number of carbonyl (C=O) groups is 1. The molecule has 1 fully saturated rings. The SMILES string of the molecule is COc1cc(C=C2SC(=S)N(c3ccc(C)c(C)c3)C2=O)ccc1OCC(C)C. The summed E-state index contributed by atoms with van der Waals surface area (Å²) in [5, 5.41) is 0. The summed E-state index contributed by atoms with van der Waals surface area (Å²) in [5.74, 6) is 1.65. The average molecular weight is 428 g/mol. The lowest BCUT2D eigenvalue weighted by Gasteiger charge is -2.16.